The van der Waals surface area contributed by atoms with Crippen molar-refractivity contribution in [1.29, 1.82) is 0 Å². The number of hydrogen-bond acceptors (Lipinski definition) is 3. The first-order chi connectivity index (χ1) is 6.81. The third-order valence-corrected chi connectivity index (χ3v) is 2.87. The van der Waals surface area contributed by atoms with E-state index in [0.717, 1.165) is 24.4 Å². The van der Waals surface area contributed by atoms with Gasteiger partial charge >= 0.3 is 0 Å². The van der Waals surface area contributed by atoms with Gasteiger partial charge < -0.3 is 15.5 Å². The summed E-state index contributed by atoms with van der Waals surface area (Å²) in [5, 5.41) is 0. The van der Waals surface area contributed by atoms with Crippen LogP contribution in [-0.4, -0.2) is 23.1 Å². The number of aromatic amines is 1. The van der Waals surface area contributed by atoms with Crippen LogP contribution in [-0.2, 0) is 11.3 Å². The standard InChI is InChI=1S/C10H17N3O/c1-14-6-7-5-12-10(13-7)8-3-2-4-9(8)11/h5,8-9H,2-4,6,11H2,1H3,(H,12,13). The van der Waals surface area contributed by atoms with Crippen molar-refractivity contribution in [2.75, 3.05) is 7.11 Å². The molecule has 2 rings (SSSR count). The summed E-state index contributed by atoms with van der Waals surface area (Å²) in [6, 6.07) is 0.275. The minimum Gasteiger partial charge on any atom is -0.378 e. The predicted octanol–water partition coefficient (Wildman–Crippen LogP) is 1.15. The number of nitrogens with zero attached hydrogens (tertiary/aromatic N) is 1. The summed E-state index contributed by atoms with van der Waals surface area (Å²) in [6.45, 7) is 0.592. The molecule has 0 radical (unpaired) electrons. The lowest BCUT2D eigenvalue weighted by Gasteiger charge is -2.11. The number of rotatable bonds is 3. The highest BCUT2D eigenvalue weighted by Gasteiger charge is 2.27. The summed E-state index contributed by atoms with van der Waals surface area (Å²) in [4.78, 5) is 7.62. The number of ether oxygens (including phenoxy) is 1. The molecular weight excluding hydrogens is 178 g/mol. The van der Waals surface area contributed by atoms with Crippen molar-refractivity contribution in [1.82, 2.24) is 9.97 Å². The fourth-order valence-corrected chi connectivity index (χ4v) is 2.12. The molecule has 2 unspecified atom stereocenters. The van der Waals surface area contributed by atoms with E-state index in [1.807, 2.05) is 6.20 Å². The smallest absolute Gasteiger partial charge is 0.110 e. The van der Waals surface area contributed by atoms with Crippen molar-refractivity contribution in [3.05, 3.63) is 17.7 Å². The molecule has 4 nitrogen and oxygen atoms in total. The van der Waals surface area contributed by atoms with E-state index in [9.17, 15) is 0 Å². The zero-order valence-electron chi connectivity index (χ0n) is 8.49. The number of nitrogens with one attached hydrogen (secondary N) is 1. The van der Waals surface area contributed by atoms with Gasteiger partial charge in [-0.15, -0.1) is 0 Å². The zero-order chi connectivity index (χ0) is 9.97. The minimum absolute atomic E-state index is 0.275. The Morgan fingerprint density at radius 3 is 3.14 bits per heavy atom. The molecule has 0 aromatic carbocycles. The van der Waals surface area contributed by atoms with Crippen molar-refractivity contribution >= 4 is 0 Å². The molecule has 0 amide bonds. The molecule has 0 bridgehead atoms. The van der Waals surface area contributed by atoms with Gasteiger partial charge in [-0.25, -0.2) is 4.98 Å². The number of nitrogens with two attached hydrogens (primary N) is 1. The van der Waals surface area contributed by atoms with E-state index in [4.69, 9.17) is 10.5 Å². The maximum absolute atomic E-state index is 6.00. The van der Waals surface area contributed by atoms with Gasteiger partial charge in [0, 0.05) is 19.1 Å². The number of aromatic nitrogens is 2. The van der Waals surface area contributed by atoms with Crippen LogP contribution in [0.5, 0.6) is 0 Å². The van der Waals surface area contributed by atoms with Crippen molar-refractivity contribution in [3.8, 4) is 0 Å². The quantitative estimate of drug-likeness (QED) is 0.760. The van der Waals surface area contributed by atoms with Crippen molar-refractivity contribution in [2.45, 2.75) is 37.8 Å². The Bertz CT molecular complexity index is 297. The number of H-pyrrole nitrogens is 1. The van der Waals surface area contributed by atoms with Gasteiger partial charge in [-0.1, -0.05) is 6.42 Å². The largest absolute Gasteiger partial charge is 0.378 e. The van der Waals surface area contributed by atoms with Gasteiger partial charge in [0.05, 0.1) is 18.5 Å². The fourth-order valence-electron chi connectivity index (χ4n) is 2.12. The van der Waals surface area contributed by atoms with E-state index in [1.165, 1.54) is 6.42 Å². The van der Waals surface area contributed by atoms with Crippen molar-refractivity contribution in [3.63, 3.8) is 0 Å². The molecule has 1 aliphatic carbocycles. The first-order valence-corrected chi connectivity index (χ1v) is 5.09. The molecule has 0 spiro atoms. The second kappa shape index (κ2) is 4.11. The molecule has 1 heterocycles. The summed E-state index contributed by atoms with van der Waals surface area (Å²) in [5.41, 5.74) is 7.03. The lowest BCUT2D eigenvalue weighted by atomic mass is 10.0. The lowest BCUT2D eigenvalue weighted by Crippen LogP contribution is -2.23. The average molecular weight is 195 g/mol. The van der Waals surface area contributed by atoms with Gasteiger partial charge in [-0.05, 0) is 12.8 Å². The Morgan fingerprint density at radius 2 is 2.50 bits per heavy atom. The van der Waals surface area contributed by atoms with E-state index in [1.54, 1.807) is 7.11 Å². The topological polar surface area (TPSA) is 63.9 Å². The molecule has 1 aromatic rings. The summed E-state index contributed by atoms with van der Waals surface area (Å²) >= 11 is 0. The molecule has 78 valence electrons. The Kier molecular flexibility index (Phi) is 2.84. The average Bonchev–Trinajstić information content (AvgIpc) is 2.74. The molecular formula is C10H17N3O. The van der Waals surface area contributed by atoms with Gasteiger partial charge in [0.15, 0.2) is 0 Å². The number of methoxy groups -OCH3 is 1. The van der Waals surface area contributed by atoms with E-state index in [0.29, 0.717) is 12.5 Å². The van der Waals surface area contributed by atoms with Crippen LogP contribution >= 0.6 is 0 Å². The second-order valence-corrected chi connectivity index (χ2v) is 3.93. The molecule has 3 N–H and O–H groups in total. The van der Waals surface area contributed by atoms with Crippen LogP contribution in [0.25, 0.3) is 0 Å². The fraction of sp³-hybridized carbons (Fsp3) is 0.700. The monoisotopic (exact) mass is 195 g/mol. The Morgan fingerprint density at radius 1 is 1.64 bits per heavy atom. The second-order valence-electron chi connectivity index (χ2n) is 3.93. The van der Waals surface area contributed by atoms with E-state index in [-0.39, 0.29) is 6.04 Å². The van der Waals surface area contributed by atoms with Crippen LogP contribution in [0, 0.1) is 0 Å². The molecule has 0 saturated heterocycles. The molecule has 1 saturated carbocycles. The summed E-state index contributed by atoms with van der Waals surface area (Å²) in [6.07, 6.45) is 5.32. The van der Waals surface area contributed by atoms with Crippen LogP contribution in [0.1, 0.15) is 36.7 Å². The van der Waals surface area contributed by atoms with Gasteiger partial charge in [0.1, 0.15) is 5.82 Å². The molecule has 14 heavy (non-hydrogen) atoms. The molecule has 2 atom stereocenters. The number of hydrogen-bond donors (Lipinski definition) is 2. The Hall–Kier alpha value is -0.870. The minimum atomic E-state index is 0.275. The van der Waals surface area contributed by atoms with Crippen LogP contribution in [0.2, 0.25) is 0 Å². The van der Waals surface area contributed by atoms with E-state index < -0.39 is 0 Å². The molecule has 0 aliphatic heterocycles. The van der Waals surface area contributed by atoms with Gasteiger partial charge in [-0.3, -0.25) is 0 Å². The first-order valence-electron chi connectivity index (χ1n) is 5.09. The summed E-state index contributed by atoms with van der Waals surface area (Å²) in [5.74, 6) is 1.45. The normalized spacial score (nSPS) is 27.0. The third kappa shape index (κ3) is 1.81. The lowest BCUT2D eigenvalue weighted by molar-refractivity contribution is 0.181. The van der Waals surface area contributed by atoms with Gasteiger partial charge in [-0.2, -0.15) is 0 Å². The van der Waals surface area contributed by atoms with Crippen LogP contribution in [0.4, 0.5) is 0 Å². The Labute approximate surface area is 83.9 Å². The Balaban J connectivity index is 2.08. The highest BCUT2D eigenvalue weighted by atomic mass is 16.5. The zero-order valence-corrected chi connectivity index (χ0v) is 8.49. The van der Waals surface area contributed by atoms with E-state index >= 15 is 0 Å². The van der Waals surface area contributed by atoms with Crippen LogP contribution in [0.3, 0.4) is 0 Å². The SMILES string of the molecule is COCc1cnc(C2CCCC2N)[nH]1. The molecule has 1 fully saturated rings. The molecule has 1 aliphatic rings. The van der Waals surface area contributed by atoms with Crippen LogP contribution in [0.15, 0.2) is 6.20 Å². The highest BCUT2D eigenvalue weighted by molar-refractivity contribution is 5.09. The van der Waals surface area contributed by atoms with Crippen LogP contribution < -0.4 is 5.73 Å². The first kappa shape index (κ1) is 9.68. The van der Waals surface area contributed by atoms with E-state index in [2.05, 4.69) is 9.97 Å². The summed E-state index contributed by atoms with van der Waals surface area (Å²) in [7, 11) is 1.68. The summed E-state index contributed by atoms with van der Waals surface area (Å²) < 4.78 is 5.03. The van der Waals surface area contributed by atoms with Crippen molar-refractivity contribution in [2.24, 2.45) is 5.73 Å². The van der Waals surface area contributed by atoms with Crippen molar-refractivity contribution < 1.29 is 4.74 Å². The molecule has 4 heteroatoms. The third-order valence-electron chi connectivity index (χ3n) is 2.87. The maximum atomic E-state index is 6.00. The van der Waals surface area contributed by atoms with Gasteiger partial charge in [0.2, 0.25) is 0 Å². The number of imidazole rings is 1. The highest BCUT2D eigenvalue weighted by Crippen LogP contribution is 2.31. The molecule has 1 aromatic heterocycles. The predicted molar refractivity (Wildman–Crippen MR) is 53.9 cm³/mol. The maximum Gasteiger partial charge on any atom is 0.110 e. The van der Waals surface area contributed by atoms with Gasteiger partial charge in [0.25, 0.3) is 0 Å².